The normalized spacial score (nSPS) is 11.9. The summed E-state index contributed by atoms with van der Waals surface area (Å²) in [5.41, 5.74) is 2.52. The summed E-state index contributed by atoms with van der Waals surface area (Å²) in [6.07, 6.45) is 3.85. The Labute approximate surface area is 125 Å². The highest BCUT2D eigenvalue weighted by Gasteiger charge is 2.14. The van der Waals surface area contributed by atoms with Gasteiger partial charge in [-0.15, -0.1) is 13.2 Å². The minimum Gasteiger partial charge on any atom is -0.364 e. The number of nitrogens with zero attached hydrogens (tertiary/aromatic N) is 1. The SMILES string of the molecule is C=CCN(CC=C)c1ccc(Br)cc1C(C)NCC. The second-order valence-corrected chi connectivity index (χ2v) is 5.38. The standard InChI is InChI=1S/C16H23BrN2/c1-5-10-19(11-6-2)16-9-8-14(17)12-15(16)13(4)18-7-3/h5-6,8-9,12-13,18H,1-2,7,10-11H2,3-4H3. The van der Waals surface area contributed by atoms with Crippen LogP contribution >= 0.6 is 15.9 Å². The second kappa shape index (κ2) is 8.18. The first-order valence-corrected chi connectivity index (χ1v) is 7.42. The van der Waals surface area contributed by atoms with Crippen LogP contribution in [0.25, 0.3) is 0 Å². The predicted molar refractivity (Wildman–Crippen MR) is 88.8 cm³/mol. The maximum atomic E-state index is 3.84. The molecule has 19 heavy (non-hydrogen) atoms. The van der Waals surface area contributed by atoms with Gasteiger partial charge in [0.2, 0.25) is 0 Å². The highest BCUT2D eigenvalue weighted by Crippen LogP contribution is 2.29. The molecule has 1 rings (SSSR count). The second-order valence-electron chi connectivity index (χ2n) is 4.46. The molecule has 0 heterocycles. The summed E-state index contributed by atoms with van der Waals surface area (Å²) in [6, 6.07) is 6.73. The van der Waals surface area contributed by atoms with Gasteiger partial charge in [0.1, 0.15) is 0 Å². The Morgan fingerprint density at radius 2 is 1.95 bits per heavy atom. The maximum absolute atomic E-state index is 3.84. The first kappa shape index (κ1) is 16.0. The molecule has 0 aliphatic rings. The molecule has 0 aromatic heterocycles. The third-order valence-corrected chi connectivity index (χ3v) is 3.50. The lowest BCUT2D eigenvalue weighted by molar-refractivity contribution is 0.596. The quantitative estimate of drug-likeness (QED) is 0.718. The average Bonchev–Trinajstić information content (AvgIpc) is 2.39. The highest BCUT2D eigenvalue weighted by atomic mass is 79.9. The summed E-state index contributed by atoms with van der Waals surface area (Å²) in [5, 5.41) is 3.47. The zero-order valence-electron chi connectivity index (χ0n) is 11.8. The molecule has 0 radical (unpaired) electrons. The van der Waals surface area contributed by atoms with Crippen molar-refractivity contribution in [1.82, 2.24) is 5.32 Å². The molecule has 1 atom stereocenters. The van der Waals surface area contributed by atoms with Gasteiger partial charge in [0.05, 0.1) is 0 Å². The molecule has 3 heteroatoms. The van der Waals surface area contributed by atoms with Gasteiger partial charge in [0, 0.05) is 29.3 Å². The molecule has 0 aliphatic heterocycles. The molecule has 0 fully saturated rings. The van der Waals surface area contributed by atoms with Gasteiger partial charge < -0.3 is 10.2 Å². The van der Waals surface area contributed by atoms with Crippen LogP contribution in [-0.4, -0.2) is 19.6 Å². The fourth-order valence-corrected chi connectivity index (χ4v) is 2.54. The van der Waals surface area contributed by atoms with Crippen molar-refractivity contribution in [1.29, 1.82) is 0 Å². The smallest absolute Gasteiger partial charge is 0.0421 e. The fraction of sp³-hybridized carbons (Fsp3) is 0.375. The molecule has 0 saturated carbocycles. The molecule has 104 valence electrons. The predicted octanol–water partition coefficient (Wildman–Crippen LogP) is 4.30. The summed E-state index contributed by atoms with van der Waals surface area (Å²) in [4.78, 5) is 2.27. The number of hydrogen-bond donors (Lipinski definition) is 1. The van der Waals surface area contributed by atoms with Crippen LogP contribution in [0.5, 0.6) is 0 Å². The molecule has 1 unspecified atom stereocenters. The fourth-order valence-electron chi connectivity index (χ4n) is 2.16. The minimum absolute atomic E-state index is 0.314. The van der Waals surface area contributed by atoms with Gasteiger partial charge in [-0.2, -0.15) is 0 Å². The molecule has 0 aliphatic carbocycles. The molecular weight excluding hydrogens is 300 g/mol. The van der Waals surface area contributed by atoms with Gasteiger partial charge >= 0.3 is 0 Å². The molecule has 1 N–H and O–H groups in total. The molecule has 0 saturated heterocycles. The summed E-state index contributed by atoms with van der Waals surface area (Å²) >= 11 is 3.56. The molecule has 1 aromatic carbocycles. The maximum Gasteiger partial charge on any atom is 0.0421 e. The van der Waals surface area contributed by atoms with E-state index in [2.05, 4.69) is 71.4 Å². The van der Waals surface area contributed by atoms with E-state index in [1.165, 1.54) is 11.3 Å². The van der Waals surface area contributed by atoms with Crippen LogP contribution in [0, 0.1) is 0 Å². The topological polar surface area (TPSA) is 15.3 Å². The Balaban J connectivity index is 3.15. The van der Waals surface area contributed by atoms with Crippen molar-refractivity contribution >= 4 is 21.6 Å². The number of halogens is 1. The summed E-state index contributed by atoms with van der Waals surface area (Å²) in [7, 11) is 0. The average molecular weight is 323 g/mol. The molecular formula is C16H23BrN2. The molecule has 2 nitrogen and oxygen atoms in total. The Morgan fingerprint density at radius 3 is 2.47 bits per heavy atom. The van der Waals surface area contributed by atoms with E-state index in [1.54, 1.807) is 0 Å². The van der Waals surface area contributed by atoms with Crippen molar-refractivity contribution in [3.63, 3.8) is 0 Å². The molecule has 1 aromatic rings. The minimum atomic E-state index is 0.314. The lowest BCUT2D eigenvalue weighted by Crippen LogP contribution is -2.27. The van der Waals surface area contributed by atoms with Crippen LogP contribution < -0.4 is 10.2 Å². The Bertz CT molecular complexity index is 419. The monoisotopic (exact) mass is 322 g/mol. The van der Waals surface area contributed by atoms with Crippen LogP contribution in [0.2, 0.25) is 0 Å². The van der Waals surface area contributed by atoms with E-state index >= 15 is 0 Å². The van der Waals surface area contributed by atoms with Crippen molar-refractivity contribution in [3.05, 3.63) is 53.5 Å². The first-order chi connectivity index (χ1) is 9.13. The van der Waals surface area contributed by atoms with E-state index < -0.39 is 0 Å². The van der Waals surface area contributed by atoms with Crippen molar-refractivity contribution in [2.24, 2.45) is 0 Å². The largest absolute Gasteiger partial charge is 0.364 e. The summed E-state index contributed by atoms with van der Waals surface area (Å²) in [5.74, 6) is 0. The zero-order chi connectivity index (χ0) is 14.3. The van der Waals surface area contributed by atoms with Crippen molar-refractivity contribution < 1.29 is 0 Å². The first-order valence-electron chi connectivity index (χ1n) is 6.63. The van der Waals surface area contributed by atoms with Crippen LogP contribution in [0.1, 0.15) is 25.5 Å². The van der Waals surface area contributed by atoms with Crippen LogP contribution in [0.4, 0.5) is 5.69 Å². The van der Waals surface area contributed by atoms with E-state index in [0.717, 1.165) is 24.1 Å². The number of benzene rings is 1. The Morgan fingerprint density at radius 1 is 1.32 bits per heavy atom. The number of nitrogens with one attached hydrogen (secondary N) is 1. The van der Waals surface area contributed by atoms with Gasteiger partial charge in [-0.3, -0.25) is 0 Å². The van der Waals surface area contributed by atoms with Gasteiger partial charge in [-0.1, -0.05) is 35.0 Å². The van der Waals surface area contributed by atoms with Crippen molar-refractivity contribution in [2.45, 2.75) is 19.9 Å². The Kier molecular flexibility index (Phi) is 6.89. The van der Waals surface area contributed by atoms with E-state index in [-0.39, 0.29) is 0 Å². The van der Waals surface area contributed by atoms with Crippen molar-refractivity contribution in [3.8, 4) is 0 Å². The number of rotatable bonds is 8. The number of anilines is 1. The van der Waals surface area contributed by atoms with Crippen LogP contribution in [0.15, 0.2) is 48.0 Å². The van der Waals surface area contributed by atoms with Crippen LogP contribution in [0.3, 0.4) is 0 Å². The van der Waals surface area contributed by atoms with Gasteiger partial charge in [0.25, 0.3) is 0 Å². The molecule has 0 amide bonds. The summed E-state index contributed by atoms with van der Waals surface area (Å²) in [6.45, 7) is 14.6. The van der Waals surface area contributed by atoms with Crippen LogP contribution in [-0.2, 0) is 0 Å². The van der Waals surface area contributed by atoms with E-state index in [1.807, 2.05) is 12.2 Å². The Hall–Kier alpha value is -1.06. The lowest BCUT2D eigenvalue weighted by Gasteiger charge is -2.27. The van der Waals surface area contributed by atoms with E-state index in [0.29, 0.717) is 6.04 Å². The third-order valence-electron chi connectivity index (χ3n) is 3.01. The van der Waals surface area contributed by atoms with E-state index in [4.69, 9.17) is 0 Å². The lowest BCUT2D eigenvalue weighted by atomic mass is 10.0. The van der Waals surface area contributed by atoms with Gasteiger partial charge in [-0.25, -0.2) is 0 Å². The third kappa shape index (κ3) is 4.51. The van der Waals surface area contributed by atoms with Gasteiger partial charge in [0.15, 0.2) is 0 Å². The van der Waals surface area contributed by atoms with Crippen molar-refractivity contribution in [2.75, 3.05) is 24.5 Å². The molecule has 0 spiro atoms. The highest BCUT2D eigenvalue weighted by molar-refractivity contribution is 9.10. The zero-order valence-corrected chi connectivity index (χ0v) is 13.4. The van der Waals surface area contributed by atoms with E-state index in [9.17, 15) is 0 Å². The summed E-state index contributed by atoms with van der Waals surface area (Å²) < 4.78 is 1.10. The molecule has 0 bridgehead atoms. The number of hydrogen-bond acceptors (Lipinski definition) is 2. The van der Waals surface area contributed by atoms with Gasteiger partial charge in [-0.05, 0) is 37.2 Å².